The van der Waals surface area contributed by atoms with Crippen molar-refractivity contribution in [2.45, 2.75) is 20.4 Å². The number of carboxylic acid groups (broad SMARTS) is 2. The van der Waals surface area contributed by atoms with Crippen LogP contribution < -0.4 is 5.32 Å². The second-order valence-corrected chi connectivity index (χ2v) is 5.23. The van der Waals surface area contributed by atoms with Crippen molar-refractivity contribution in [3.05, 3.63) is 69.3 Å². The van der Waals surface area contributed by atoms with E-state index in [0.29, 0.717) is 12.1 Å². The van der Waals surface area contributed by atoms with Crippen LogP contribution in [0.3, 0.4) is 0 Å². The molecule has 0 saturated carbocycles. The zero-order valence-corrected chi connectivity index (χ0v) is 13.7. The number of aryl methyl sites for hydroxylation is 2. The van der Waals surface area contributed by atoms with Crippen LogP contribution in [0.25, 0.3) is 0 Å². The van der Waals surface area contributed by atoms with Gasteiger partial charge in [0.05, 0.1) is 4.92 Å². The Morgan fingerprint density at radius 2 is 1.56 bits per heavy atom. The molecule has 2 aromatic rings. The van der Waals surface area contributed by atoms with Gasteiger partial charge in [0, 0.05) is 23.9 Å². The molecule has 0 spiro atoms. The number of para-hydroxylation sites is 1. The molecule has 132 valence electrons. The summed E-state index contributed by atoms with van der Waals surface area (Å²) in [6.07, 6.45) is 0. The monoisotopic (exact) mass is 346 g/mol. The van der Waals surface area contributed by atoms with Crippen LogP contribution in [0.15, 0.2) is 42.5 Å². The molecule has 25 heavy (non-hydrogen) atoms. The molecular weight excluding hydrogens is 328 g/mol. The Kier molecular flexibility index (Phi) is 7.08. The van der Waals surface area contributed by atoms with Crippen molar-refractivity contribution in [1.82, 2.24) is 0 Å². The number of nitro groups is 1. The molecule has 2 rings (SSSR count). The summed E-state index contributed by atoms with van der Waals surface area (Å²) >= 11 is 0. The van der Waals surface area contributed by atoms with Crippen molar-refractivity contribution in [3.8, 4) is 0 Å². The molecule has 0 amide bonds. The van der Waals surface area contributed by atoms with Crippen molar-refractivity contribution in [3.63, 3.8) is 0 Å². The summed E-state index contributed by atoms with van der Waals surface area (Å²) in [5, 5.41) is 28.9. The van der Waals surface area contributed by atoms with E-state index in [4.69, 9.17) is 19.8 Å². The van der Waals surface area contributed by atoms with Crippen molar-refractivity contribution < 1.29 is 24.7 Å². The number of nitrogens with zero attached hydrogens (tertiary/aromatic N) is 1. The summed E-state index contributed by atoms with van der Waals surface area (Å²) in [4.78, 5) is 28.8. The van der Waals surface area contributed by atoms with Gasteiger partial charge in [-0.1, -0.05) is 24.3 Å². The minimum atomic E-state index is -1.82. The van der Waals surface area contributed by atoms with Crippen molar-refractivity contribution in [2.24, 2.45) is 0 Å². The Balaban J connectivity index is 0.000000450. The van der Waals surface area contributed by atoms with Gasteiger partial charge in [0.15, 0.2) is 0 Å². The van der Waals surface area contributed by atoms with Crippen LogP contribution in [0, 0.1) is 24.0 Å². The molecule has 0 aliphatic heterocycles. The third-order valence-electron chi connectivity index (χ3n) is 3.08. The maximum absolute atomic E-state index is 10.9. The molecule has 0 heterocycles. The Morgan fingerprint density at radius 1 is 1.04 bits per heavy atom. The van der Waals surface area contributed by atoms with Gasteiger partial charge < -0.3 is 15.5 Å². The highest BCUT2D eigenvalue weighted by Crippen LogP contribution is 2.20. The molecule has 0 fully saturated rings. The lowest BCUT2D eigenvalue weighted by molar-refractivity contribution is -0.385. The fourth-order valence-corrected chi connectivity index (χ4v) is 2.11. The van der Waals surface area contributed by atoms with Crippen LogP contribution >= 0.6 is 0 Å². The predicted octanol–water partition coefficient (Wildman–Crippen LogP) is 2.98. The van der Waals surface area contributed by atoms with Gasteiger partial charge in [-0.05, 0) is 37.1 Å². The lowest BCUT2D eigenvalue weighted by Crippen LogP contribution is -2.09. The van der Waals surface area contributed by atoms with E-state index in [0.717, 1.165) is 5.69 Å². The van der Waals surface area contributed by atoms with Crippen molar-refractivity contribution in [2.75, 3.05) is 5.32 Å². The molecule has 8 heteroatoms. The molecule has 3 N–H and O–H groups in total. The highest BCUT2D eigenvalue weighted by Gasteiger charge is 2.11. The molecule has 0 saturated heterocycles. The Hall–Kier alpha value is -3.42. The number of nitrogens with one attached hydrogen (secondary N) is 1. The highest BCUT2D eigenvalue weighted by molar-refractivity contribution is 6.27. The fourth-order valence-electron chi connectivity index (χ4n) is 2.11. The highest BCUT2D eigenvalue weighted by atomic mass is 16.6. The summed E-state index contributed by atoms with van der Waals surface area (Å²) in [7, 11) is 0. The number of nitro benzene ring substituents is 1. The minimum Gasteiger partial charge on any atom is -0.473 e. The van der Waals surface area contributed by atoms with E-state index in [9.17, 15) is 10.1 Å². The molecule has 8 nitrogen and oxygen atoms in total. The Bertz CT molecular complexity index is 756. The van der Waals surface area contributed by atoms with Gasteiger partial charge in [0.1, 0.15) is 0 Å². The lowest BCUT2D eigenvalue weighted by atomic mass is 10.1. The second-order valence-electron chi connectivity index (χ2n) is 5.23. The van der Waals surface area contributed by atoms with Crippen molar-refractivity contribution >= 4 is 23.3 Å². The van der Waals surface area contributed by atoms with Crippen LogP contribution in [0.2, 0.25) is 0 Å². The standard InChI is InChI=1S/C15H16N2O2.C2H2O4/c1-11-7-12(2)9-14(8-11)16-10-13-5-3-4-6-15(13)17(18)19;3-1(4)2(5)6/h3-9,16H,10H2,1-2H3;(H,3,4)(H,5,6). The van der Waals surface area contributed by atoms with E-state index in [1.807, 2.05) is 32.0 Å². The molecule has 0 bridgehead atoms. The van der Waals surface area contributed by atoms with Crippen LogP contribution in [-0.4, -0.2) is 27.1 Å². The lowest BCUT2D eigenvalue weighted by Gasteiger charge is -2.09. The van der Waals surface area contributed by atoms with E-state index in [-0.39, 0.29) is 10.6 Å². The van der Waals surface area contributed by atoms with Gasteiger partial charge >= 0.3 is 11.9 Å². The van der Waals surface area contributed by atoms with Crippen LogP contribution in [0.5, 0.6) is 0 Å². The summed E-state index contributed by atoms with van der Waals surface area (Å²) in [5.74, 6) is -3.65. The first kappa shape index (κ1) is 19.6. The molecule has 0 unspecified atom stereocenters. The first-order valence-electron chi connectivity index (χ1n) is 7.21. The average molecular weight is 346 g/mol. The van der Waals surface area contributed by atoms with Gasteiger partial charge in [0.25, 0.3) is 5.69 Å². The van der Waals surface area contributed by atoms with Gasteiger partial charge in [0.2, 0.25) is 0 Å². The number of hydrogen-bond donors (Lipinski definition) is 3. The summed E-state index contributed by atoms with van der Waals surface area (Å²) in [6.45, 7) is 4.51. The number of aliphatic carboxylic acids is 2. The van der Waals surface area contributed by atoms with Gasteiger partial charge in [-0.3, -0.25) is 10.1 Å². The number of carbonyl (C=O) groups is 2. The molecule has 2 aromatic carbocycles. The first-order chi connectivity index (χ1) is 11.7. The number of rotatable bonds is 4. The van der Waals surface area contributed by atoms with E-state index in [1.165, 1.54) is 17.2 Å². The number of anilines is 1. The van der Waals surface area contributed by atoms with Gasteiger partial charge in [-0.2, -0.15) is 0 Å². The topological polar surface area (TPSA) is 130 Å². The third kappa shape index (κ3) is 6.69. The Morgan fingerprint density at radius 3 is 2.04 bits per heavy atom. The van der Waals surface area contributed by atoms with Crippen LogP contribution in [0.1, 0.15) is 16.7 Å². The number of hydrogen-bond acceptors (Lipinski definition) is 5. The molecule has 0 aliphatic rings. The zero-order valence-electron chi connectivity index (χ0n) is 13.7. The average Bonchev–Trinajstić information content (AvgIpc) is 2.52. The third-order valence-corrected chi connectivity index (χ3v) is 3.08. The summed E-state index contributed by atoms with van der Waals surface area (Å²) in [5.41, 5.74) is 4.16. The maximum Gasteiger partial charge on any atom is 0.414 e. The SMILES string of the molecule is Cc1cc(C)cc(NCc2ccccc2[N+](=O)[O-])c1.O=C(O)C(=O)O. The van der Waals surface area contributed by atoms with E-state index < -0.39 is 11.9 Å². The second kappa shape index (κ2) is 9.02. The first-order valence-corrected chi connectivity index (χ1v) is 7.21. The van der Waals surface area contributed by atoms with E-state index >= 15 is 0 Å². The summed E-state index contributed by atoms with van der Waals surface area (Å²) in [6, 6.07) is 12.9. The number of carboxylic acids is 2. The largest absolute Gasteiger partial charge is 0.473 e. The zero-order chi connectivity index (χ0) is 19.0. The quantitative estimate of drug-likeness (QED) is 0.441. The molecular formula is C17H18N2O6. The van der Waals surface area contributed by atoms with Gasteiger partial charge in [-0.25, -0.2) is 9.59 Å². The number of benzene rings is 2. The normalized spacial score (nSPS) is 9.52. The smallest absolute Gasteiger partial charge is 0.414 e. The molecule has 0 aliphatic carbocycles. The predicted molar refractivity (Wildman–Crippen MR) is 91.6 cm³/mol. The van der Waals surface area contributed by atoms with Crippen LogP contribution in [-0.2, 0) is 16.1 Å². The Labute approximate surface area is 143 Å². The molecule has 0 radical (unpaired) electrons. The van der Waals surface area contributed by atoms with Crippen molar-refractivity contribution in [1.29, 1.82) is 0 Å². The fraction of sp³-hybridized carbons (Fsp3) is 0.176. The van der Waals surface area contributed by atoms with Gasteiger partial charge in [-0.15, -0.1) is 0 Å². The molecule has 0 aromatic heterocycles. The van der Waals surface area contributed by atoms with E-state index in [1.54, 1.807) is 12.1 Å². The van der Waals surface area contributed by atoms with Crippen LogP contribution in [0.4, 0.5) is 11.4 Å². The minimum absolute atomic E-state index is 0.152. The van der Waals surface area contributed by atoms with E-state index in [2.05, 4.69) is 11.4 Å². The molecule has 0 atom stereocenters. The summed E-state index contributed by atoms with van der Waals surface area (Å²) < 4.78 is 0. The maximum atomic E-state index is 10.9.